The van der Waals surface area contributed by atoms with Crippen molar-refractivity contribution in [2.45, 2.75) is 50.9 Å². The Bertz CT molecular complexity index is 766. The summed E-state index contributed by atoms with van der Waals surface area (Å²) in [5, 5.41) is 3.56. The maximum atomic E-state index is 13.4. The van der Waals surface area contributed by atoms with E-state index in [2.05, 4.69) is 18.3 Å². The number of halogens is 2. The standard InChI is InChI=1S/C24H32FNO2.ClH/c1-4-14-26-16-19(17-8-10-20(25)11-9-17)15-18-6-5-7-22-21(18)12-13-23(27-2)24(22)28-3;/h8-13,18-19,26H,4-7,14-16H2,1-3H3;1H. The molecule has 0 aliphatic heterocycles. The van der Waals surface area contributed by atoms with Crippen LogP contribution in [-0.2, 0) is 6.42 Å². The molecule has 0 amide bonds. The Morgan fingerprint density at radius 3 is 2.52 bits per heavy atom. The van der Waals surface area contributed by atoms with Crippen LogP contribution < -0.4 is 14.8 Å². The lowest BCUT2D eigenvalue weighted by Gasteiger charge is -2.31. The Balaban J connectivity index is 0.00000300. The lowest BCUT2D eigenvalue weighted by atomic mass is 9.76. The highest BCUT2D eigenvalue weighted by molar-refractivity contribution is 5.85. The average Bonchev–Trinajstić information content (AvgIpc) is 2.73. The van der Waals surface area contributed by atoms with Crippen LogP contribution in [0.4, 0.5) is 4.39 Å². The van der Waals surface area contributed by atoms with E-state index >= 15 is 0 Å². The summed E-state index contributed by atoms with van der Waals surface area (Å²) in [7, 11) is 3.41. The minimum absolute atomic E-state index is 0. The molecule has 3 nitrogen and oxygen atoms in total. The van der Waals surface area contributed by atoms with E-state index in [1.54, 1.807) is 26.4 Å². The monoisotopic (exact) mass is 421 g/mol. The van der Waals surface area contributed by atoms with Crippen molar-refractivity contribution < 1.29 is 13.9 Å². The molecule has 0 heterocycles. The first-order chi connectivity index (χ1) is 13.7. The van der Waals surface area contributed by atoms with E-state index in [4.69, 9.17) is 9.47 Å². The van der Waals surface area contributed by atoms with Gasteiger partial charge >= 0.3 is 0 Å². The Hall–Kier alpha value is -1.78. The molecule has 0 radical (unpaired) electrons. The van der Waals surface area contributed by atoms with Crippen molar-refractivity contribution in [2.75, 3.05) is 27.3 Å². The van der Waals surface area contributed by atoms with Crippen molar-refractivity contribution >= 4 is 12.4 Å². The normalized spacial score (nSPS) is 16.5. The second kappa shape index (κ2) is 11.4. The number of benzene rings is 2. The molecule has 160 valence electrons. The Morgan fingerprint density at radius 2 is 1.86 bits per heavy atom. The molecule has 29 heavy (non-hydrogen) atoms. The van der Waals surface area contributed by atoms with Crippen LogP contribution in [0.25, 0.3) is 0 Å². The van der Waals surface area contributed by atoms with E-state index in [1.807, 2.05) is 18.2 Å². The van der Waals surface area contributed by atoms with Gasteiger partial charge in [0.15, 0.2) is 11.5 Å². The highest BCUT2D eigenvalue weighted by Gasteiger charge is 2.27. The zero-order chi connectivity index (χ0) is 19.9. The number of fused-ring (bicyclic) bond motifs is 1. The molecular formula is C24H33ClFNO2. The molecule has 2 aromatic rings. The highest BCUT2D eigenvalue weighted by atomic mass is 35.5. The summed E-state index contributed by atoms with van der Waals surface area (Å²) in [6.45, 7) is 4.10. The molecule has 1 N–H and O–H groups in total. The van der Waals surface area contributed by atoms with Crippen LogP contribution in [0, 0.1) is 5.82 Å². The van der Waals surface area contributed by atoms with Crippen molar-refractivity contribution in [3.8, 4) is 11.5 Å². The molecular weight excluding hydrogens is 389 g/mol. The summed E-state index contributed by atoms with van der Waals surface area (Å²) >= 11 is 0. The molecule has 2 unspecified atom stereocenters. The fraction of sp³-hybridized carbons (Fsp3) is 0.500. The minimum atomic E-state index is -0.177. The van der Waals surface area contributed by atoms with Gasteiger partial charge in [-0.3, -0.25) is 0 Å². The van der Waals surface area contributed by atoms with Gasteiger partial charge in [-0.2, -0.15) is 0 Å². The third kappa shape index (κ3) is 5.64. The summed E-state index contributed by atoms with van der Waals surface area (Å²) in [6.07, 6.45) is 5.51. The number of hydrogen-bond acceptors (Lipinski definition) is 3. The van der Waals surface area contributed by atoms with Gasteiger partial charge in [-0.15, -0.1) is 12.4 Å². The van der Waals surface area contributed by atoms with Crippen molar-refractivity contribution in [1.29, 1.82) is 0 Å². The molecule has 0 saturated carbocycles. The van der Waals surface area contributed by atoms with Crippen LogP contribution >= 0.6 is 12.4 Å². The van der Waals surface area contributed by atoms with E-state index in [1.165, 1.54) is 23.1 Å². The van der Waals surface area contributed by atoms with Crippen molar-refractivity contribution in [1.82, 2.24) is 5.32 Å². The minimum Gasteiger partial charge on any atom is -0.493 e. The molecule has 1 aliphatic carbocycles. The van der Waals surface area contributed by atoms with Crippen LogP contribution in [0.5, 0.6) is 11.5 Å². The van der Waals surface area contributed by atoms with Crippen molar-refractivity contribution in [2.24, 2.45) is 0 Å². The van der Waals surface area contributed by atoms with E-state index in [0.29, 0.717) is 11.8 Å². The fourth-order valence-corrected chi connectivity index (χ4v) is 4.44. The first-order valence-electron chi connectivity index (χ1n) is 10.4. The molecule has 0 bridgehead atoms. The quantitative estimate of drug-likeness (QED) is 0.514. The summed E-state index contributed by atoms with van der Waals surface area (Å²) in [5.41, 5.74) is 3.88. The summed E-state index contributed by atoms with van der Waals surface area (Å²) in [4.78, 5) is 0. The Labute approximate surface area is 180 Å². The second-order valence-corrected chi connectivity index (χ2v) is 7.65. The van der Waals surface area contributed by atoms with Gasteiger partial charge in [0.2, 0.25) is 0 Å². The molecule has 5 heteroatoms. The van der Waals surface area contributed by atoms with E-state index in [0.717, 1.165) is 50.3 Å². The number of methoxy groups -OCH3 is 2. The van der Waals surface area contributed by atoms with Gasteiger partial charge in [0.1, 0.15) is 5.82 Å². The number of ether oxygens (including phenoxy) is 2. The van der Waals surface area contributed by atoms with Gasteiger partial charge in [0.05, 0.1) is 14.2 Å². The van der Waals surface area contributed by atoms with Gasteiger partial charge in [-0.05, 0) is 79.8 Å². The number of hydrogen-bond donors (Lipinski definition) is 1. The fourth-order valence-electron chi connectivity index (χ4n) is 4.44. The Morgan fingerprint density at radius 1 is 1.10 bits per heavy atom. The first kappa shape index (κ1) is 23.5. The highest BCUT2D eigenvalue weighted by Crippen LogP contribution is 2.44. The van der Waals surface area contributed by atoms with Gasteiger partial charge in [0, 0.05) is 12.1 Å². The van der Waals surface area contributed by atoms with Crippen LogP contribution in [0.15, 0.2) is 36.4 Å². The molecule has 0 saturated heterocycles. The largest absolute Gasteiger partial charge is 0.493 e. The summed E-state index contributed by atoms with van der Waals surface area (Å²) < 4.78 is 24.6. The van der Waals surface area contributed by atoms with E-state index in [9.17, 15) is 4.39 Å². The lowest BCUT2D eigenvalue weighted by molar-refractivity contribution is 0.346. The SMILES string of the molecule is CCCNCC(CC1CCCc2c1ccc(OC)c2OC)c1ccc(F)cc1.Cl. The van der Waals surface area contributed by atoms with E-state index < -0.39 is 0 Å². The second-order valence-electron chi connectivity index (χ2n) is 7.65. The topological polar surface area (TPSA) is 30.5 Å². The molecule has 2 atom stereocenters. The average molecular weight is 422 g/mol. The zero-order valence-electron chi connectivity index (χ0n) is 17.7. The van der Waals surface area contributed by atoms with Crippen LogP contribution in [0.2, 0.25) is 0 Å². The Kier molecular flexibility index (Phi) is 9.25. The lowest BCUT2D eigenvalue weighted by Crippen LogP contribution is -2.24. The van der Waals surface area contributed by atoms with Crippen molar-refractivity contribution in [3.63, 3.8) is 0 Å². The molecule has 1 aliphatic rings. The maximum Gasteiger partial charge on any atom is 0.164 e. The van der Waals surface area contributed by atoms with Crippen molar-refractivity contribution in [3.05, 3.63) is 58.9 Å². The van der Waals surface area contributed by atoms with Crippen LogP contribution in [0.3, 0.4) is 0 Å². The predicted molar refractivity (Wildman–Crippen MR) is 119 cm³/mol. The first-order valence-corrected chi connectivity index (χ1v) is 10.4. The molecule has 3 rings (SSSR count). The molecule has 2 aromatic carbocycles. The van der Waals surface area contributed by atoms with Gasteiger partial charge < -0.3 is 14.8 Å². The third-order valence-corrected chi connectivity index (χ3v) is 5.83. The summed E-state index contributed by atoms with van der Waals surface area (Å²) in [5.74, 6) is 2.34. The smallest absolute Gasteiger partial charge is 0.164 e. The van der Waals surface area contributed by atoms with Crippen LogP contribution in [0.1, 0.15) is 61.1 Å². The van der Waals surface area contributed by atoms with Gasteiger partial charge in [0.25, 0.3) is 0 Å². The predicted octanol–water partition coefficient (Wildman–Crippen LogP) is 5.86. The molecule has 0 aromatic heterocycles. The number of rotatable bonds is 9. The zero-order valence-corrected chi connectivity index (χ0v) is 18.5. The van der Waals surface area contributed by atoms with E-state index in [-0.39, 0.29) is 18.2 Å². The maximum absolute atomic E-state index is 13.4. The summed E-state index contributed by atoms with van der Waals surface area (Å²) in [6, 6.07) is 11.3. The van der Waals surface area contributed by atoms with Crippen LogP contribution in [-0.4, -0.2) is 27.3 Å². The molecule has 0 fully saturated rings. The molecule has 0 spiro atoms. The third-order valence-electron chi connectivity index (χ3n) is 5.83. The van der Waals surface area contributed by atoms with Gasteiger partial charge in [-0.25, -0.2) is 4.39 Å². The number of nitrogens with one attached hydrogen (secondary N) is 1. The van der Waals surface area contributed by atoms with Gasteiger partial charge in [-0.1, -0.05) is 25.1 Å².